The van der Waals surface area contributed by atoms with Gasteiger partial charge >= 0.3 is 0 Å². The Morgan fingerprint density at radius 3 is 2.39 bits per heavy atom. The molecular weight excluding hydrogens is 288 g/mol. The van der Waals surface area contributed by atoms with E-state index in [2.05, 4.69) is 27.1 Å². The molecule has 2 aromatic rings. The number of rotatable bonds is 5. The van der Waals surface area contributed by atoms with Crippen LogP contribution < -0.4 is 0 Å². The van der Waals surface area contributed by atoms with Crippen molar-refractivity contribution in [3.8, 4) is 0 Å². The van der Waals surface area contributed by atoms with Crippen LogP contribution in [0.2, 0.25) is 0 Å². The number of aryl methyl sites for hydroxylation is 2. The molecule has 124 valence electrons. The molecule has 0 saturated heterocycles. The molecular formula is C18H26N4O. The minimum atomic E-state index is 0.567. The molecule has 0 atom stereocenters. The van der Waals surface area contributed by atoms with Crippen LogP contribution in [0.1, 0.15) is 66.4 Å². The Kier molecular flexibility index (Phi) is 5.06. The maximum Gasteiger partial charge on any atom is 0.138 e. The van der Waals surface area contributed by atoms with E-state index in [1.807, 2.05) is 26.2 Å². The van der Waals surface area contributed by atoms with E-state index >= 15 is 0 Å². The van der Waals surface area contributed by atoms with Crippen LogP contribution in [0.15, 0.2) is 16.9 Å². The van der Waals surface area contributed by atoms with E-state index in [4.69, 9.17) is 4.52 Å². The first-order chi connectivity index (χ1) is 11.1. The van der Waals surface area contributed by atoms with Gasteiger partial charge in [0.05, 0.1) is 5.69 Å². The van der Waals surface area contributed by atoms with Crippen molar-refractivity contribution in [3.05, 3.63) is 40.8 Å². The lowest BCUT2D eigenvalue weighted by Gasteiger charge is -2.20. The molecule has 1 fully saturated rings. The lowest BCUT2D eigenvalue weighted by molar-refractivity contribution is 0.313. The van der Waals surface area contributed by atoms with Crippen molar-refractivity contribution >= 4 is 0 Å². The molecule has 0 unspecified atom stereocenters. The number of nitrogens with zero attached hydrogens (tertiary/aromatic N) is 4. The predicted molar refractivity (Wildman–Crippen MR) is 89.0 cm³/mol. The van der Waals surface area contributed by atoms with Crippen molar-refractivity contribution in [3.63, 3.8) is 0 Å². The SMILES string of the molecule is Cc1noc(C)c1CN(C)Cc1cnc(C2CCCCC2)nc1. The Morgan fingerprint density at radius 1 is 1.09 bits per heavy atom. The predicted octanol–water partition coefficient (Wildman–Crippen LogP) is 3.76. The van der Waals surface area contributed by atoms with Gasteiger partial charge in [-0.05, 0) is 33.7 Å². The monoisotopic (exact) mass is 314 g/mol. The molecule has 2 heterocycles. The third-order valence-corrected chi connectivity index (χ3v) is 4.76. The quantitative estimate of drug-likeness (QED) is 0.841. The fourth-order valence-corrected chi connectivity index (χ4v) is 3.38. The fourth-order valence-electron chi connectivity index (χ4n) is 3.38. The molecule has 5 heteroatoms. The van der Waals surface area contributed by atoms with Gasteiger partial charge in [-0.1, -0.05) is 24.4 Å². The van der Waals surface area contributed by atoms with E-state index < -0.39 is 0 Å². The average Bonchev–Trinajstić information content (AvgIpc) is 2.88. The third kappa shape index (κ3) is 3.96. The van der Waals surface area contributed by atoms with Crippen molar-refractivity contribution in [2.75, 3.05) is 7.05 Å². The van der Waals surface area contributed by atoms with Gasteiger partial charge < -0.3 is 4.52 Å². The minimum absolute atomic E-state index is 0.567. The number of aromatic nitrogens is 3. The molecule has 0 amide bonds. The lowest BCUT2D eigenvalue weighted by Crippen LogP contribution is -2.18. The van der Waals surface area contributed by atoms with E-state index in [9.17, 15) is 0 Å². The highest BCUT2D eigenvalue weighted by atomic mass is 16.5. The molecule has 1 aliphatic rings. The zero-order valence-corrected chi connectivity index (χ0v) is 14.4. The summed E-state index contributed by atoms with van der Waals surface area (Å²) in [4.78, 5) is 11.5. The van der Waals surface area contributed by atoms with Gasteiger partial charge in [0, 0.05) is 42.5 Å². The van der Waals surface area contributed by atoms with Gasteiger partial charge in [0.1, 0.15) is 11.6 Å². The fraction of sp³-hybridized carbons (Fsp3) is 0.611. The standard InChI is InChI=1S/C18H26N4O/c1-13-17(14(2)23-21-13)12-22(3)11-15-9-19-18(20-10-15)16-7-5-4-6-8-16/h9-10,16H,4-8,11-12H2,1-3H3. The molecule has 3 rings (SSSR count). The molecule has 0 spiro atoms. The molecule has 0 radical (unpaired) electrons. The van der Waals surface area contributed by atoms with Crippen LogP contribution in [0.3, 0.4) is 0 Å². The van der Waals surface area contributed by atoms with Crippen LogP contribution in [-0.4, -0.2) is 27.1 Å². The Morgan fingerprint density at radius 2 is 1.78 bits per heavy atom. The molecule has 0 bridgehead atoms. The largest absolute Gasteiger partial charge is 0.361 e. The summed E-state index contributed by atoms with van der Waals surface area (Å²) in [6.45, 7) is 5.60. The molecule has 0 N–H and O–H groups in total. The smallest absolute Gasteiger partial charge is 0.138 e. The Bertz CT molecular complexity index is 609. The zero-order chi connectivity index (χ0) is 16.2. The zero-order valence-electron chi connectivity index (χ0n) is 14.4. The summed E-state index contributed by atoms with van der Waals surface area (Å²) >= 11 is 0. The maximum atomic E-state index is 5.23. The summed E-state index contributed by atoms with van der Waals surface area (Å²) in [6, 6.07) is 0. The van der Waals surface area contributed by atoms with Crippen molar-refractivity contribution in [1.82, 2.24) is 20.0 Å². The summed E-state index contributed by atoms with van der Waals surface area (Å²) < 4.78 is 5.23. The van der Waals surface area contributed by atoms with Crippen LogP contribution in [0.5, 0.6) is 0 Å². The van der Waals surface area contributed by atoms with Crippen LogP contribution in [0.25, 0.3) is 0 Å². The second-order valence-electron chi connectivity index (χ2n) is 6.76. The molecule has 23 heavy (non-hydrogen) atoms. The molecule has 2 aromatic heterocycles. The lowest BCUT2D eigenvalue weighted by atomic mass is 9.89. The molecule has 0 aliphatic heterocycles. The molecule has 0 aromatic carbocycles. The van der Waals surface area contributed by atoms with Crippen molar-refractivity contribution in [1.29, 1.82) is 0 Å². The van der Waals surface area contributed by atoms with E-state index in [-0.39, 0.29) is 0 Å². The van der Waals surface area contributed by atoms with Gasteiger partial charge in [0.15, 0.2) is 0 Å². The Hall–Kier alpha value is -1.75. The van der Waals surface area contributed by atoms with Crippen LogP contribution in [0, 0.1) is 13.8 Å². The highest BCUT2D eigenvalue weighted by molar-refractivity contribution is 5.20. The average molecular weight is 314 g/mol. The first kappa shape index (κ1) is 16.1. The first-order valence-corrected chi connectivity index (χ1v) is 8.54. The highest BCUT2D eigenvalue weighted by Gasteiger charge is 2.18. The van der Waals surface area contributed by atoms with Crippen molar-refractivity contribution in [2.45, 2.75) is 65.0 Å². The molecule has 1 saturated carbocycles. The van der Waals surface area contributed by atoms with E-state index in [0.29, 0.717) is 5.92 Å². The van der Waals surface area contributed by atoms with E-state index in [0.717, 1.165) is 35.9 Å². The first-order valence-electron chi connectivity index (χ1n) is 8.54. The highest BCUT2D eigenvalue weighted by Crippen LogP contribution is 2.30. The second kappa shape index (κ2) is 7.21. The van der Waals surface area contributed by atoms with Gasteiger partial charge in [0.2, 0.25) is 0 Å². The Balaban J connectivity index is 1.59. The summed E-state index contributed by atoms with van der Waals surface area (Å²) in [5.41, 5.74) is 3.30. The third-order valence-electron chi connectivity index (χ3n) is 4.76. The van der Waals surface area contributed by atoms with Crippen LogP contribution in [-0.2, 0) is 13.1 Å². The van der Waals surface area contributed by atoms with Gasteiger partial charge in [-0.2, -0.15) is 0 Å². The van der Waals surface area contributed by atoms with Crippen molar-refractivity contribution < 1.29 is 4.52 Å². The number of hydrogen-bond acceptors (Lipinski definition) is 5. The molecule has 1 aliphatic carbocycles. The van der Waals surface area contributed by atoms with Gasteiger partial charge in [-0.25, -0.2) is 9.97 Å². The number of hydrogen-bond donors (Lipinski definition) is 0. The summed E-state index contributed by atoms with van der Waals surface area (Å²) in [7, 11) is 2.10. The van der Waals surface area contributed by atoms with E-state index in [1.54, 1.807) is 0 Å². The second-order valence-corrected chi connectivity index (χ2v) is 6.76. The van der Waals surface area contributed by atoms with Crippen LogP contribution >= 0.6 is 0 Å². The summed E-state index contributed by atoms with van der Waals surface area (Å²) in [5, 5.41) is 4.01. The van der Waals surface area contributed by atoms with E-state index in [1.165, 1.54) is 37.7 Å². The summed E-state index contributed by atoms with van der Waals surface area (Å²) in [5.74, 6) is 2.50. The maximum absolute atomic E-state index is 5.23. The normalized spacial score (nSPS) is 16.2. The van der Waals surface area contributed by atoms with Gasteiger partial charge in [0.25, 0.3) is 0 Å². The summed E-state index contributed by atoms with van der Waals surface area (Å²) in [6.07, 6.45) is 10.4. The van der Waals surface area contributed by atoms with Crippen LogP contribution in [0.4, 0.5) is 0 Å². The topological polar surface area (TPSA) is 55.1 Å². The molecule has 5 nitrogen and oxygen atoms in total. The van der Waals surface area contributed by atoms with Crippen molar-refractivity contribution in [2.24, 2.45) is 0 Å². The van der Waals surface area contributed by atoms with Gasteiger partial charge in [-0.15, -0.1) is 0 Å². The Labute approximate surface area is 138 Å². The minimum Gasteiger partial charge on any atom is -0.361 e. The van der Waals surface area contributed by atoms with Gasteiger partial charge in [-0.3, -0.25) is 4.90 Å².